The topological polar surface area (TPSA) is 68.0 Å². The molecule has 0 N–H and O–H groups in total. The molecule has 0 aliphatic carbocycles. The highest BCUT2D eigenvalue weighted by atomic mass is 16.7. The van der Waals surface area contributed by atoms with Crippen molar-refractivity contribution in [2.24, 2.45) is 5.28 Å². The highest BCUT2D eigenvalue weighted by molar-refractivity contribution is 5.76. The molecule has 0 unspecified atom stereocenters. The summed E-state index contributed by atoms with van der Waals surface area (Å²) in [6.07, 6.45) is 0. The lowest BCUT2D eigenvalue weighted by molar-refractivity contribution is -0.709. The Balaban J connectivity index is 3.91. The number of carbonyl (C=O) groups excluding carboxylic acids is 1. The molecule has 0 aromatic rings. The molecule has 0 heterocycles. The number of Topliss-reactive ketones (excluding diaryl/α,β-unsaturated/α-hetero) is 1. The highest BCUT2D eigenvalue weighted by Gasteiger charge is 2.06. The predicted molar refractivity (Wildman–Crippen MR) is 45.6 cm³/mol. The van der Waals surface area contributed by atoms with E-state index in [0.29, 0.717) is 18.1 Å². The zero-order valence-electron chi connectivity index (χ0n) is 8.19. The van der Waals surface area contributed by atoms with Gasteiger partial charge in [-0.2, -0.15) is 0 Å². The van der Waals surface area contributed by atoms with E-state index in [1.165, 1.54) is 11.9 Å². The Hall–Kier alpha value is -1.33. The first kappa shape index (κ1) is 11.7. The van der Waals surface area contributed by atoms with E-state index in [9.17, 15) is 10.0 Å². The van der Waals surface area contributed by atoms with Gasteiger partial charge in [0.1, 0.15) is 0 Å². The number of hydrazine groups is 1. The predicted octanol–water partition coefficient (Wildman–Crippen LogP) is 0.726. The maximum absolute atomic E-state index is 11.0. The number of rotatable bonds is 6. The van der Waals surface area contributed by atoms with Gasteiger partial charge in [-0.3, -0.25) is 4.79 Å². The van der Waals surface area contributed by atoms with E-state index >= 15 is 0 Å². The average Bonchev–Trinajstić information content (AvgIpc) is 2.05. The van der Waals surface area contributed by atoms with Gasteiger partial charge in [-0.25, -0.2) is 0 Å². The number of hydrogen-bond donors (Lipinski definition) is 0. The molecule has 0 rings (SSSR count). The van der Waals surface area contributed by atoms with Crippen LogP contribution in [0.5, 0.6) is 0 Å². The van der Waals surface area contributed by atoms with Crippen LogP contribution in [-0.2, 0) is 9.63 Å². The van der Waals surface area contributed by atoms with Crippen LogP contribution in [0, 0.1) is 5.21 Å². The SMILES string of the molecule is CCN(CC)/[N+]([O-])=N/OCC(C)=O. The van der Waals surface area contributed by atoms with Crippen LogP contribution in [0.4, 0.5) is 0 Å². The van der Waals surface area contributed by atoms with E-state index in [1.54, 1.807) is 0 Å². The third-order valence-corrected chi connectivity index (χ3v) is 1.37. The molecule has 0 fully saturated rings. The molecule has 0 aliphatic rings. The van der Waals surface area contributed by atoms with Crippen LogP contribution < -0.4 is 0 Å². The fourth-order valence-corrected chi connectivity index (χ4v) is 0.686. The van der Waals surface area contributed by atoms with E-state index in [-0.39, 0.29) is 12.4 Å². The lowest BCUT2D eigenvalue weighted by Crippen LogP contribution is -2.30. The first-order chi connectivity index (χ1) is 6.11. The van der Waals surface area contributed by atoms with Gasteiger partial charge in [-0.1, -0.05) is 0 Å². The number of nitrogens with zero attached hydrogens (tertiary/aromatic N) is 3. The van der Waals surface area contributed by atoms with Gasteiger partial charge in [0, 0.05) is 0 Å². The standard InChI is InChI=1S/C7H15N3O3/c1-4-9(5-2)10(12)8-13-6-7(3)11/h4-6H2,1-3H3/b10-8-. The lowest BCUT2D eigenvalue weighted by atomic mass is 10.5. The largest absolute Gasteiger partial charge is 0.569 e. The molecule has 0 amide bonds. The van der Waals surface area contributed by atoms with Gasteiger partial charge in [0.05, 0.1) is 18.1 Å². The Bertz CT molecular complexity index is 189. The van der Waals surface area contributed by atoms with Gasteiger partial charge in [-0.05, 0) is 20.8 Å². The molecule has 0 aromatic heterocycles. The van der Waals surface area contributed by atoms with Crippen LogP contribution in [0.1, 0.15) is 20.8 Å². The summed E-state index contributed by atoms with van der Waals surface area (Å²) in [5.41, 5.74) is 0. The quantitative estimate of drug-likeness (QED) is 0.351. The molecular formula is C7H15N3O3. The summed E-state index contributed by atoms with van der Waals surface area (Å²) in [5, 5.41) is 15.6. The molecule has 0 saturated carbocycles. The summed E-state index contributed by atoms with van der Waals surface area (Å²) in [4.78, 5) is 15.3. The van der Waals surface area contributed by atoms with E-state index in [0.717, 1.165) is 0 Å². The van der Waals surface area contributed by atoms with Crippen molar-refractivity contribution >= 4 is 5.78 Å². The van der Waals surface area contributed by atoms with Gasteiger partial charge >= 0.3 is 0 Å². The molecule has 0 spiro atoms. The van der Waals surface area contributed by atoms with Crippen molar-refractivity contribution in [2.75, 3.05) is 19.7 Å². The summed E-state index contributed by atoms with van der Waals surface area (Å²) >= 11 is 0. The highest BCUT2D eigenvalue weighted by Crippen LogP contribution is 1.90. The van der Waals surface area contributed by atoms with Gasteiger partial charge < -0.3 is 10.0 Å². The van der Waals surface area contributed by atoms with Crippen molar-refractivity contribution in [3.8, 4) is 0 Å². The molecule has 0 aromatic carbocycles. The Morgan fingerprint density at radius 1 is 1.54 bits per heavy atom. The number of hydrogen-bond acceptors (Lipinski definition) is 4. The maximum atomic E-state index is 11.0. The van der Waals surface area contributed by atoms with Crippen molar-refractivity contribution in [3.63, 3.8) is 0 Å². The summed E-state index contributed by atoms with van der Waals surface area (Å²) in [7, 11) is 0. The molecule has 13 heavy (non-hydrogen) atoms. The van der Waals surface area contributed by atoms with Crippen LogP contribution in [0.15, 0.2) is 5.28 Å². The Kier molecular flexibility index (Phi) is 5.58. The maximum Gasteiger partial charge on any atom is 0.233 e. The van der Waals surface area contributed by atoms with Gasteiger partial charge in [-0.15, -0.1) is 5.01 Å². The number of ketones is 1. The zero-order valence-corrected chi connectivity index (χ0v) is 8.19. The van der Waals surface area contributed by atoms with Crippen molar-refractivity contribution in [1.82, 2.24) is 5.01 Å². The van der Waals surface area contributed by atoms with E-state index < -0.39 is 0 Å². The Morgan fingerprint density at radius 3 is 2.46 bits per heavy atom. The van der Waals surface area contributed by atoms with Crippen molar-refractivity contribution < 1.29 is 14.6 Å². The first-order valence-electron chi connectivity index (χ1n) is 4.16. The van der Waals surface area contributed by atoms with Crippen LogP contribution >= 0.6 is 0 Å². The Labute approximate surface area is 77.3 Å². The zero-order chi connectivity index (χ0) is 10.3. The molecule has 0 bridgehead atoms. The normalized spacial score (nSPS) is 11.2. The summed E-state index contributed by atoms with van der Waals surface area (Å²) < 4.78 is 0. The second-order valence-electron chi connectivity index (χ2n) is 2.45. The van der Waals surface area contributed by atoms with Crippen LogP contribution in [0.2, 0.25) is 0 Å². The molecule has 6 nitrogen and oxygen atoms in total. The third kappa shape index (κ3) is 5.00. The van der Waals surface area contributed by atoms with Crippen LogP contribution in [0.25, 0.3) is 0 Å². The van der Waals surface area contributed by atoms with Crippen molar-refractivity contribution in [3.05, 3.63) is 5.21 Å². The van der Waals surface area contributed by atoms with Gasteiger partial charge in [0.2, 0.25) is 5.28 Å². The fraction of sp³-hybridized carbons (Fsp3) is 0.857. The molecule has 6 heteroatoms. The van der Waals surface area contributed by atoms with Gasteiger partial charge in [0.15, 0.2) is 12.4 Å². The van der Waals surface area contributed by atoms with Crippen molar-refractivity contribution in [2.45, 2.75) is 20.8 Å². The number of carbonyl (C=O) groups is 1. The molecule has 0 saturated heterocycles. The van der Waals surface area contributed by atoms with Crippen LogP contribution in [0.3, 0.4) is 0 Å². The molecule has 76 valence electrons. The second kappa shape index (κ2) is 6.22. The molecule has 0 radical (unpaired) electrons. The van der Waals surface area contributed by atoms with E-state index in [4.69, 9.17) is 0 Å². The monoisotopic (exact) mass is 189 g/mol. The molecule has 0 atom stereocenters. The summed E-state index contributed by atoms with van der Waals surface area (Å²) in [5.74, 6) is -0.170. The molecule has 0 aliphatic heterocycles. The first-order valence-corrected chi connectivity index (χ1v) is 4.16. The second-order valence-corrected chi connectivity index (χ2v) is 2.45. The van der Waals surface area contributed by atoms with Crippen molar-refractivity contribution in [1.29, 1.82) is 0 Å². The smallest absolute Gasteiger partial charge is 0.233 e. The minimum Gasteiger partial charge on any atom is -0.569 e. The third-order valence-electron chi connectivity index (χ3n) is 1.37. The van der Waals surface area contributed by atoms with E-state index in [2.05, 4.69) is 10.1 Å². The molecular weight excluding hydrogens is 174 g/mol. The van der Waals surface area contributed by atoms with E-state index in [1.807, 2.05) is 13.8 Å². The summed E-state index contributed by atoms with van der Waals surface area (Å²) in [6.45, 7) is 5.95. The Morgan fingerprint density at radius 2 is 2.08 bits per heavy atom. The average molecular weight is 189 g/mol. The minimum absolute atomic E-state index is 0.167. The van der Waals surface area contributed by atoms with Gasteiger partial charge in [0.25, 0.3) is 0 Å². The summed E-state index contributed by atoms with van der Waals surface area (Å²) in [6, 6.07) is 0. The van der Waals surface area contributed by atoms with Crippen LogP contribution in [-0.4, -0.2) is 35.5 Å². The fourth-order valence-electron chi connectivity index (χ4n) is 0.686. The minimum atomic E-state index is -0.170. The lowest BCUT2D eigenvalue weighted by Gasteiger charge is -2.12.